The molecule has 2 aliphatic heterocycles. The van der Waals surface area contributed by atoms with E-state index >= 15 is 0 Å². The molecule has 0 aromatic heterocycles. The van der Waals surface area contributed by atoms with Crippen LogP contribution in [-0.2, 0) is 18.3 Å². The maximum absolute atomic E-state index is 10.7. The first-order chi connectivity index (χ1) is 13.7. The Labute approximate surface area is 165 Å². The van der Waals surface area contributed by atoms with Crippen LogP contribution in [0.3, 0.4) is 0 Å². The first-order valence-electron chi connectivity index (χ1n) is 10.3. The van der Waals surface area contributed by atoms with Crippen molar-refractivity contribution in [3.05, 3.63) is 71.3 Å². The second-order valence-electron chi connectivity index (χ2n) is 8.72. The van der Waals surface area contributed by atoms with Crippen LogP contribution in [0.15, 0.2) is 54.6 Å². The fourth-order valence-electron chi connectivity index (χ4n) is 6.33. The van der Waals surface area contributed by atoms with Gasteiger partial charge in [0.1, 0.15) is 12.2 Å². The molecule has 1 saturated heterocycles. The lowest BCUT2D eigenvalue weighted by Crippen LogP contribution is -2.65. The number of phenols is 1. The molecule has 2 bridgehead atoms. The topological polar surface area (TPSA) is 52.9 Å². The van der Waals surface area contributed by atoms with Crippen LogP contribution in [0.5, 0.6) is 11.5 Å². The van der Waals surface area contributed by atoms with Gasteiger partial charge in [-0.1, -0.05) is 48.6 Å². The summed E-state index contributed by atoms with van der Waals surface area (Å²) in [7, 11) is 0. The van der Waals surface area contributed by atoms with Crippen molar-refractivity contribution in [2.45, 2.75) is 42.9 Å². The standard InChI is InChI=1S/C24H25NO3/c26-19-8-6-16-14-18-17-7-9-20(27)23-24(17,21(16)22(19)28-23)11-13-25(18)12-10-15-4-2-1-3-5-15/h1-9,17-18,20,23,26-27H,10-14H2/t17-,18+,20-,23-,24-/m0/s1. The number of piperidine rings is 1. The van der Waals surface area contributed by atoms with Crippen molar-refractivity contribution in [3.8, 4) is 11.5 Å². The number of hydrogen-bond acceptors (Lipinski definition) is 4. The highest BCUT2D eigenvalue weighted by molar-refractivity contribution is 5.61. The summed E-state index contributed by atoms with van der Waals surface area (Å²) in [4.78, 5) is 2.63. The molecule has 2 N–H and O–H groups in total. The zero-order valence-electron chi connectivity index (χ0n) is 15.8. The van der Waals surface area contributed by atoms with Gasteiger partial charge in [0.15, 0.2) is 11.5 Å². The van der Waals surface area contributed by atoms with Crippen LogP contribution in [0.4, 0.5) is 0 Å². The fraction of sp³-hybridized carbons (Fsp3) is 0.417. The molecule has 1 fully saturated rings. The Morgan fingerprint density at radius 3 is 2.82 bits per heavy atom. The van der Waals surface area contributed by atoms with E-state index in [1.54, 1.807) is 6.07 Å². The number of aromatic hydroxyl groups is 1. The highest BCUT2D eigenvalue weighted by Crippen LogP contribution is 2.62. The predicted octanol–water partition coefficient (Wildman–Crippen LogP) is 2.81. The predicted molar refractivity (Wildman–Crippen MR) is 107 cm³/mol. The molecule has 2 aromatic rings. The molecule has 4 nitrogen and oxygen atoms in total. The lowest BCUT2D eigenvalue weighted by atomic mass is 9.53. The largest absolute Gasteiger partial charge is 0.504 e. The van der Waals surface area contributed by atoms with Crippen LogP contribution in [0.25, 0.3) is 0 Å². The Kier molecular flexibility index (Phi) is 3.48. The zero-order chi connectivity index (χ0) is 18.9. The van der Waals surface area contributed by atoms with E-state index in [2.05, 4.69) is 47.4 Å². The quantitative estimate of drug-likeness (QED) is 0.810. The Morgan fingerprint density at radius 1 is 1.11 bits per heavy atom. The van der Waals surface area contributed by atoms with Gasteiger partial charge in [-0.25, -0.2) is 0 Å². The Hall–Kier alpha value is -2.30. The number of hydrogen-bond donors (Lipinski definition) is 2. The van der Waals surface area contributed by atoms with E-state index in [9.17, 15) is 10.2 Å². The molecule has 2 aliphatic carbocycles. The van der Waals surface area contributed by atoms with E-state index in [-0.39, 0.29) is 17.3 Å². The number of ether oxygens (including phenoxy) is 1. The normalized spacial score (nSPS) is 34.8. The van der Waals surface area contributed by atoms with Gasteiger partial charge < -0.3 is 14.9 Å². The SMILES string of the molecule is Oc1ccc2c3c1O[C@H]1[C@@H](O)C=C[C@H]4[C@@H](C2)N(CCc2ccccc2)CC[C@@]341. The summed E-state index contributed by atoms with van der Waals surface area (Å²) in [6, 6.07) is 14.9. The number of aliphatic hydroxyl groups excluding tert-OH is 1. The van der Waals surface area contributed by atoms with Gasteiger partial charge in [0, 0.05) is 29.5 Å². The Bertz CT molecular complexity index is 956. The number of benzene rings is 2. The zero-order valence-corrected chi connectivity index (χ0v) is 15.8. The second-order valence-corrected chi connectivity index (χ2v) is 8.72. The van der Waals surface area contributed by atoms with Crippen LogP contribution in [0, 0.1) is 5.92 Å². The molecule has 2 heterocycles. The lowest BCUT2D eigenvalue weighted by molar-refractivity contribution is -0.0513. The maximum Gasteiger partial charge on any atom is 0.165 e. The molecule has 6 rings (SSSR count). The molecule has 0 amide bonds. The molecule has 2 aromatic carbocycles. The minimum atomic E-state index is -0.620. The number of rotatable bonds is 3. The van der Waals surface area contributed by atoms with Gasteiger partial charge >= 0.3 is 0 Å². The van der Waals surface area contributed by atoms with E-state index in [1.807, 2.05) is 6.08 Å². The van der Waals surface area contributed by atoms with E-state index in [0.717, 1.165) is 32.4 Å². The third kappa shape index (κ3) is 2.08. The third-order valence-electron chi connectivity index (χ3n) is 7.52. The molecular formula is C24H25NO3. The van der Waals surface area contributed by atoms with Crippen LogP contribution < -0.4 is 4.74 Å². The molecule has 4 aliphatic rings. The molecule has 0 saturated carbocycles. The average molecular weight is 375 g/mol. The van der Waals surface area contributed by atoms with Gasteiger partial charge in [-0.3, -0.25) is 4.90 Å². The molecule has 0 radical (unpaired) electrons. The summed E-state index contributed by atoms with van der Waals surface area (Å²) in [6.07, 6.45) is 6.21. The van der Waals surface area contributed by atoms with Gasteiger partial charge in [0.05, 0.1) is 0 Å². The Balaban J connectivity index is 1.40. The molecule has 28 heavy (non-hydrogen) atoms. The van der Waals surface area contributed by atoms with Gasteiger partial charge in [-0.2, -0.15) is 0 Å². The lowest BCUT2D eigenvalue weighted by Gasteiger charge is -2.57. The van der Waals surface area contributed by atoms with Crippen molar-refractivity contribution in [2.75, 3.05) is 13.1 Å². The highest BCUT2D eigenvalue weighted by atomic mass is 16.5. The van der Waals surface area contributed by atoms with Crippen molar-refractivity contribution in [1.29, 1.82) is 0 Å². The monoisotopic (exact) mass is 375 g/mol. The van der Waals surface area contributed by atoms with Crippen LogP contribution in [0.2, 0.25) is 0 Å². The van der Waals surface area contributed by atoms with E-state index < -0.39 is 6.10 Å². The molecule has 144 valence electrons. The minimum absolute atomic E-state index is 0.205. The van der Waals surface area contributed by atoms with Crippen molar-refractivity contribution in [3.63, 3.8) is 0 Å². The molecule has 4 heteroatoms. The first kappa shape index (κ1) is 16.6. The van der Waals surface area contributed by atoms with Gasteiger partial charge in [-0.05, 0) is 43.0 Å². The average Bonchev–Trinajstić information content (AvgIpc) is 3.07. The minimum Gasteiger partial charge on any atom is -0.504 e. The van der Waals surface area contributed by atoms with E-state index in [4.69, 9.17) is 4.74 Å². The first-order valence-corrected chi connectivity index (χ1v) is 10.3. The van der Waals surface area contributed by atoms with E-state index in [0.29, 0.717) is 17.7 Å². The van der Waals surface area contributed by atoms with E-state index in [1.165, 1.54) is 16.7 Å². The summed E-state index contributed by atoms with van der Waals surface area (Å²) >= 11 is 0. The number of nitrogens with zero attached hydrogens (tertiary/aromatic N) is 1. The summed E-state index contributed by atoms with van der Waals surface area (Å²) < 4.78 is 6.22. The molecule has 1 spiro atoms. The van der Waals surface area contributed by atoms with Crippen molar-refractivity contribution in [2.24, 2.45) is 5.92 Å². The van der Waals surface area contributed by atoms with Crippen LogP contribution >= 0.6 is 0 Å². The third-order valence-corrected chi connectivity index (χ3v) is 7.52. The van der Waals surface area contributed by atoms with Gasteiger partial charge in [0.2, 0.25) is 0 Å². The van der Waals surface area contributed by atoms with Gasteiger partial charge in [-0.15, -0.1) is 0 Å². The Morgan fingerprint density at radius 2 is 1.96 bits per heavy atom. The molecule has 0 unspecified atom stereocenters. The van der Waals surface area contributed by atoms with Crippen LogP contribution in [0.1, 0.15) is 23.1 Å². The van der Waals surface area contributed by atoms with Gasteiger partial charge in [0.25, 0.3) is 0 Å². The smallest absolute Gasteiger partial charge is 0.165 e. The summed E-state index contributed by atoms with van der Waals surface area (Å²) in [5.74, 6) is 1.14. The maximum atomic E-state index is 10.7. The summed E-state index contributed by atoms with van der Waals surface area (Å²) in [6.45, 7) is 2.05. The highest BCUT2D eigenvalue weighted by Gasteiger charge is 2.64. The van der Waals surface area contributed by atoms with Crippen LogP contribution in [-0.4, -0.2) is 46.5 Å². The van der Waals surface area contributed by atoms with Crippen molar-refractivity contribution < 1.29 is 14.9 Å². The summed E-state index contributed by atoms with van der Waals surface area (Å²) in [5.41, 5.74) is 3.63. The molecular weight excluding hydrogens is 350 g/mol. The van der Waals surface area contributed by atoms with Crippen molar-refractivity contribution in [1.82, 2.24) is 4.90 Å². The number of likely N-dealkylation sites (tertiary alicyclic amines) is 1. The second kappa shape index (κ2) is 5.85. The fourth-order valence-corrected chi connectivity index (χ4v) is 6.33. The van der Waals surface area contributed by atoms with Crippen molar-refractivity contribution >= 4 is 0 Å². The number of phenolic OH excluding ortho intramolecular Hbond substituents is 1. The number of aliphatic hydroxyl groups is 1. The molecule has 5 atom stereocenters. The summed E-state index contributed by atoms with van der Waals surface area (Å²) in [5, 5.41) is 21.1.